The van der Waals surface area contributed by atoms with E-state index in [-0.39, 0.29) is 0 Å². The van der Waals surface area contributed by atoms with Gasteiger partial charge in [0.2, 0.25) is 0 Å². The highest BCUT2D eigenvalue weighted by Gasteiger charge is 1.91. The monoisotopic (exact) mass is 91.1 g/mol. The van der Waals surface area contributed by atoms with E-state index in [1.54, 1.807) is 0 Å². The van der Waals surface area contributed by atoms with Crippen molar-refractivity contribution < 1.29 is 0 Å². The van der Waals surface area contributed by atoms with Crippen LogP contribution in [0.1, 0.15) is 6.92 Å². The largest absolute Gasteiger partial charge is 0.0911 e. The fourth-order valence-corrected chi connectivity index (χ4v) is 0.565. The Morgan fingerprint density at radius 3 is 2.57 bits per heavy atom. The zero-order chi connectivity index (χ0) is 5.28. The van der Waals surface area contributed by atoms with Crippen molar-refractivity contribution in [1.29, 1.82) is 0 Å². The number of allylic oxidation sites excluding steroid dienone is 5. The van der Waals surface area contributed by atoms with E-state index < -0.39 is 0 Å². The van der Waals surface area contributed by atoms with Crippen molar-refractivity contribution in [3.63, 3.8) is 0 Å². The first-order valence-electron chi connectivity index (χ1n) is 2.26. The normalized spacial score (nSPS) is 17.9. The quantitative estimate of drug-likeness (QED) is 0.427. The lowest BCUT2D eigenvalue weighted by molar-refractivity contribution is 1.56. The molecule has 0 N–H and O–H groups in total. The maximum Gasteiger partial charge on any atom is -0.0109 e. The molecule has 1 rings (SSSR count). The molecule has 0 saturated heterocycles. The lowest BCUT2D eigenvalue weighted by Gasteiger charge is -1.75. The van der Waals surface area contributed by atoms with E-state index in [2.05, 4.69) is 12.7 Å². The molecule has 0 spiro atoms. The van der Waals surface area contributed by atoms with Crippen molar-refractivity contribution in [2.24, 2.45) is 0 Å². The summed E-state index contributed by atoms with van der Waals surface area (Å²) in [5.41, 5.74) is 2.22. The van der Waals surface area contributed by atoms with Gasteiger partial charge in [-0.2, -0.15) is 0 Å². The van der Waals surface area contributed by atoms with Crippen LogP contribution in [0.4, 0.5) is 0 Å². The van der Waals surface area contributed by atoms with Crippen molar-refractivity contribution in [3.05, 3.63) is 36.0 Å². The second kappa shape index (κ2) is 1.38. The van der Waals surface area contributed by atoms with Crippen LogP contribution in [0.3, 0.4) is 0 Å². The Balaban J connectivity index is 2.88. The molecule has 0 heteroatoms. The Kier molecular flexibility index (Phi) is 0.861. The standard InChI is InChI=1S/C7H7/c1-6-3-4-7(2)5-6/h4-5H,1H2,2H3. The van der Waals surface area contributed by atoms with Crippen LogP contribution in [-0.4, -0.2) is 0 Å². The smallest absolute Gasteiger partial charge is 0.0109 e. The van der Waals surface area contributed by atoms with Crippen molar-refractivity contribution in [1.82, 2.24) is 0 Å². The molecule has 0 aromatic heterocycles. The van der Waals surface area contributed by atoms with Crippen molar-refractivity contribution in [2.75, 3.05) is 0 Å². The average Bonchev–Trinajstić information content (AvgIpc) is 1.87. The molecule has 0 bridgehead atoms. The summed E-state index contributed by atoms with van der Waals surface area (Å²) in [7, 11) is 0. The molecule has 1 aliphatic rings. The van der Waals surface area contributed by atoms with Gasteiger partial charge in [-0.1, -0.05) is 18.7 Å². The molecule has 0 aromatic carbocycles. The summed E-state index contributed by atoms with van der Waals surface area (Å²) in [4.78, 5) is 0. The van der Waals surface area contributed by atoms with Gasteiger partial charge in [-0.25, -0.2) is 0 Å². The summed E-state index contributed by atoms with van der Waals surface area (Å²) >= 11 is 0. The van der Waals surface area contributed by atoms with Crippen molar-refractivity contribution >= 4 is 0 Å². The topological polar surface area (TPSA) is 0 Å². The molecule has 0 fully saturated rings. The van der Waals surface area contributed by atoms with Gasteiger partial charge in [-0.15, -0.1) is 0 Å². The van der Waals surface area contributed by atoms with E-state index in [0.29, 0.717) is 0 Å². The minimum Gasteiger partial charge on any atom is -0.0911 e. The van der Waals surface area contributed by atoms with Crippen LogP contribution in [0.15, 0.2) is 29.9 Å². The minimum absolute atomic E-state index is 0.984. The molecule has 0 unspecified atom stereocenters. The molecule has 7 heavy (non-hydrogen) atoms. The predicted octanol–water partition coefficient (Wildman–Crippen LogP) is 1.86. The summed E-state index contributed by atoms with van der Waals surface area (Å²) in [5, 5.41) is 0. The Labute approximate surface area is 43.9 Å². The Morgan fingerprint density at radius 1 is 1.71 bits per heavy atom. The molecule has 0 aliphatic heterocycles. The number of hydrogen-bond acceptors (Lipinski definition) is 0. The SMILES string of the molecule is C=C1[C]=CC(C)=C1. The van der Waals surface area contributed by atoms with Crippen LogP contribution in [-0.2, 0) is 0 Å². The predicted molar refractivity (Wildman–Crippen MR) is 30.7 cm³/mol. The van der Waals surface area contributed by atoms with Crippen molar-refractivity contribution in [2.45, 2.75) is 6.92 Å². The van der Waals surface area contributed by atoms with Crippen LogP contribution >= 0.6 is 0 Å². The molecule has 1 aliphatic carbocycles. The number of hydrogen-bond donors (Lipinski definition) is 0. The maximum atomic E-state index is 3.69. The highest BCUT2D eigenvalue weighted by molar-refractivity contribution is 5.38. The summed E-state index contributed by atoms with van der Waals surface area (Å²) < 4.78 is 0. The zero-order valence-corrected chi connectivity index (χ0v) is 4.36. The van der Waals surface area contributed by atoms with E-state index >= 15 is 0 Å². The lowest BCUT2D eigenvalue weighted by atomic mass is 10.3. The minimum atomic E-state index is 0.984. The molecular formula is C7H7. The van der Waals surface area contributed by atoms with E-state index in [9.17, 15) is 0 Å². The first-order valence-corrected chi connectivity index (χ1v) is 2.26. The highest BCUT2D eigenvalue weighted by Crippen LogP contribution is 2.09. The molecule has 0 amide bonds. The van der Waals surface area contributed by atoms with E-state index in [0.717, 1.165) is 5.57 Å². The van der Waals surface area contributed by atoms with Crippen LogP contribution in [0, 0.1) is 6.08 Å². The third-order valence-corrected chi connectivity index (χ3v) is 0.887. The molecule has 0 heterocycles. The summed E-state index contributed by atoms with van der Waals surface area (Å²) in [5.74, 6) is 0. The fourth-order valence-electron chi connectivity index (χ4n) is 0.565. The first kappa shape index (κ1) is 4.38. The average molecular weight is 91.1 g/mol. The van der Waals surface area contributed by atoms with E-state index in [1.165, 1.54) is 5.57 Å². The van der Waals surface area contributed by atoms with Gasteiger partial charge in [0, 0.05) is 0 Å². The fraction of sp³-hybridized carbons (Fsp3) is 0.143. The van der Waals surface area contributed by atoms with Gasteiger partial charge in [0.1, 0.15) is 0 Å². The molecule has 0 nitrogen and oxygen atoms in total. The van der Waals surface area contributed by atoms with E-state index in [1.807, 2.05) is 19.1 Å². The third kappa shape index (κ3) is 0.801. The Hall–Kier alpha value is -0.780. The Bertz CT molecular complexity index is 147. The summed E-state index contributed by atoms with van der Waals surface area (Å²) in [6, 6.07) is 0. The van der Waals surface area contributed by atoms with Gasteiger partial charge in [-0.05, 0) is 24.1 Å². The molecule has 0 aromatic rings. The molecular weight excluding hydrogens is 84.1 g/mol. The second-order valence-corrected chi connectivity index (χ2v) is 1.70. The summed E-state index contributed by atoms with van der Waals surface area (Å²) in [6.45, 7) is 5.72. The van der Waals surface area contributed by atoms with Crippen LogP contribution in [0.5, 0.6) is 0 Å². The van der Waals surface area contributed by atoms with Gasteiger partial charge >= 0.3 is 0 Å². The lowest BCUT2D eigenvalue weighted by Crippen LogP contribution is -1.56. The molecule has 1 radical (unpaired) electrons. The van der Waals surface area contributed by atoms with Crippen molar-refractivity contribution in [3.8, 4) is 0 Å². The first-order chi connectivity index (χ1) is 3.29. The Morgan fingerprint density at radius 2 is 2.43 bits per heavy atom. The van der Waals surface area contributed by atoms with Gasteiger partial charge in [0.25, 0.3) is 0 Å². The molecule has 0 saturated carbocycles. The van der Waals surface area contributed by atoms with Gasteiger partial charge < -0.3 is 0 Å². The van der Waals surface area contributed by atoms with Gasteiger partial charge in [0.05, 0.1) is 0 Å². The summed E-state index contributed by atoms with van der Waals surface area (Å²) in [6.07, 6.45) is 6.89. The molecule has 35 valence electrons. The van der Waals surface area contributed by atoms with Crippen LogP contribution in [0.2, 0.25) is 0 Å². The van der Waals surface area contributed by atoms with Gasteiger partial charge in [0.15, 0.2) is 0 Å². The van der Waals surface area contributed by atoms with E-state index in [4.69, 9.17) is 0 Å². The third-order valence-electron chi connectivity index (χ3n) is 0.887. The molecule has 0 atom stereocenters. The maximum absolute atomic E-state index is 3.69. The zero-order valence-electron chi connectivity index (χ0n) is 4.36. The van der Waals surface area contributed by atoms with Gasteiger partial charge in [-0.3, -0.25) is 0 Å². The number of rotatable bonds is 0. The van der Waals surface area contributed by atoms with Crippen LogP contribution in [0.25, 0.3) is 0 Å². The van der Waals surface area contributed by atoms with Crippen LogP contribution < -0.4 is 0 Å². The highest BCUT2D eigenvalue weighted by atomic mass is 14.0. The second-order valence-electron chi connectivity index (χ2n) is 1.70.